The largest absolute Gasteiger partial charge is 0.494 e. The summed E-state index contributed by atoms with van der Waals surface area (Å²) in [6.07, 6.45) is 0.410. The fraction of sp³-hybridized carbons (Fsp3) is 0.360. The number of sulfone groups is 1. The summed E-state index contributed by atoms with van der Waals surface area (Å²) in [4.78, 5) is 17.1. The van der Waals surface area contributed by atoms with Crippen molar-refractivity contribution < 1.29 is 22.5 Å². The Morgan fingerprint density at radius 2 is 1.82 bits per heavy atom. The maximum absolute atomic E-state index is 13.5. The van der Waals surface area contributed by atoms with Crippen LogP contribution in [0.3, 0.4) is 0 Å². The summed E-state index contributed by atoms with van der Waals surface area (Å²) in [6.45, 7) is 2.78. The highest BCUT2D eigenvalue weighted by Crippen LogP contribution is 2.26. The van der Waals surface area contributed by atoms with Crippen LogP contribution in [0, 0.1) is 0 Å². The van der Waals surface area contributed by atoms with Crippen molar-refractivity contribution in [1.29, 1.82) is 0 Å². The molecular weight excluding hydrogens is 454 g/mol. The molecule has 1 aliphatic heterocycles. The molecule has 180 valence electrons. The third kappa shape index (κ3) is 5.41. The van der Waals surface area contributed by atoms with Crippen molar-refractivity contribution in [3.8, 4) is 17.1 Å². The summed E-state index contributed by atoms with van der Waals surface area (Å²) in [6, 6.07) is 16.4. The molecule has 0 radical (unpaired) electrons. The van der Waals surface area contributed by atoms with Crippen molar-refractivity contribution in [2.75, 3.05) is 37.1 Å². The molecule has 0 unspecified atom stereocenters. The Bertz CT molecular complexity index is 1230. The van der Waals surface area contributed by atoms with E-state index in [1.54, 1.807) is 11.0 Å². The smallest absolute Gasteiger partial charge is 0.276 e. The molecule has 0 aliphatic carbocycles. The van der Waals surface area contributed by atoms with Crippen molar-refractivity contribution in [2.45, 2.75) is 25.9 Å². The van der Waals surface area contributed by atoms with E-state index in [0.717, 1.165) is 22.6 Å². The zero-order chi connectivity index (χ0) is 24.3. The zero-order valence-electron chi connectivity index (χ0n) is 19.6. The van der Waals surface area contributed by atoms with Crippen molar-refractivity contribution >= 4 is 21.4 Å². The summed E-state index contributed by atoms with van der Waals surface area (Å²) >= 11 is 0. The fourth-order valence-corrected chi connectivity index (χ4v) is 5.76. The Balaban J connectivity index is 1.58. The van der Waals surface area contributed by atoms with E-state index in [4.69, 9.17) is 9.26 Å². The molecule has 0 N–H and O–H groups in total. The number of hydrogen-bond donors (Lipinski definition) is 0. The third-order valence-electron chi connectivity index (χ3n) is 5.89. The quantitative estimate of drug-likeness (QED) is 0.483. The first-order chi connectivity index (χ1) is 16.3. The van der Waals surface area contributed by atoms with Crippen molar-refractivity contribution in [1.82, 2.24) is 10.1 Å². The van der Waals surface area contributed by atoms with Crippen LogP contribution in [-0.2, 0) is 16.4 Å². The monoisotopic (exact) mass is 483 g/mol. The lowest BCUT2D eigenvalue weighted by atomic mass is 10.1. The Labute approximate surface area is 200 Å². The van der Waals surface area contributed by atoms with Crippen LogP contribution in [0.1, 0.15) is 29.4 Å². The average Bonchev–Trinajstić information content (AvgIpc) is 3.45. The van der Waals surface area contributed by atoms with E-state index >= 15 is 0 Å². The number of carbonyl (C=O) groups is 1. The third-order valence-corrected chi connectivity index (χ3v) is 7.65. The van der Waals surface area contributed by atoms with Crippen LogP contribution in [0.5, 0.6) is 5.75 Å². The minimum absolute atomic E-state index is 0.0435. The second-order valence-electron chi connectivity index (χ2n) is 8.58. The van der Waals surface area contributed by atoms with E-state index in [1.807, 2.05) is 74.4 Å². The van der Waals surface area contributed by atoms with Crippen LogP contribution < -0.4 is 9.64 Å². The topological polar surface area (TPSA) is 93.0 Å². The van der Waals surface area contributed by atoms with Crippen LogP contribution in [0.15, 0.2) is 59.1 Å². The second kappa shape index (κ2) is 9.89. The zero-order valence-corrected chi connectivity index (χ0v) is 20.4. The predicted molar refractivity (Wildman–Crippen MR) is 131 cm³/mol. The summed E-state index contributed by atoms with van der Waals surface area (Å²) < 4.78 is 35.2. The lowest BCUT2D eigenvalue weighted by Gasteiger charge is -2.27. The number of anilines is 1. The Hall–Kier alpha value is -3.33. The van der Waals surface area contributed by atoms with Crippen molar-refractivity contribution in [3.63, 3.8) is 0 Å². The van der Waals surface area contributed by atoms with E-state index in [0.29, 0.717) is 18.8 Å². The maximum Gasteiger partial charge on any atom is 0.276 e. The van der Waals surface area contributed by atoms with E-state index in [2.05, 4.69) is 5.16 Å². The lowest BCUT2D eigenvalue weighted by molar-refractivity contribution is 0.0670. The molecule has 1 fully saturated rings. The average molecular weight is 484 g/mol. The SMILES string of the molecule is CCOc1ccc(-c2cc(C(=O)N(Cc3ccc(N(C)C)cc3)[C@H]3CCS(=O)(=O)C3)no2)cc1. The van der Waals surface area contributed by atoms with Gasteiger partial charge in [0.25, 0.3) is 5.91 Å². The molecule has 0 saturated carbocycles. The summed E-state index contributed by atoms with van der Waals surface area (Å²) in [5, 5.41) is 4.01. The molecule has 0 bridgehead atoms. The molecule has 2 heterocycles. The first kappa shape index (κ1) is 23.8. The van der Waals surface area contributed by atoms with Gasteiger partial charge in [-0.25, -0.2) is 8.42 Å². The normalized spacial score (nSPS) is 16.9. The van der Waals surface area contributed by atoms with Gasteiger partial charge < -0.3 is 19.1 Å². The van der Waals surface area contributed by atoms with Crippen LogP contribution in [0.25, 0.3) is 11.3 Å². The van der Waals surface area contributed by atoms with E-state index < -0.39 is 15.9 Å². The molecule has 1 aromatic heterocycles. The molecule has 4 rings (SSSR count). The Kier molecular flexibility index (Phi) is 6.92. The maximum atomic E-state index is 13.5. The molecule has 3 aromatic rings. The van der Waals surface area contributed by atoms with Gasteiger partial charge in [-0.15, -0.1) is 0 Å². The summed E-state index contributed by atoms with van der Waals surface area (Å²) in [7, 11) is 0.749. The number of amides is 1. The molecule has 8 nitrogen and oxygen atoms in total. The molecule has 34 heavy (non-hydrogen) atoms. The van der Waals surface area contributed by atoms with Crippen LogP contribution in [0.2, 0.25) is 0 Å². The fourth-order valence-electron chi connectivity index (χ4n) is 4.03. The van der Waals surface area contributed by atoms with Gasteiger partial charge in [-0.3, -0.25) is 4.79 Å². The summed E-state index contributed by atoms with van der Waals surface area (Å²) in [5.74, 6) is 0.895. The van der Waals surface area contributed by atoms with Gasteiger partial charge in [-0.05, 0) is 55.3 Å². The first-order valence-electron chi connectivity index (χ1n) is 11.2. The van der Waals surface area contributed by atoms with Crippen LogP contribution in [-0.4, -0.2) is 62.6 Å². The van der Waals surface area contributed by atoms with Gasteiger partial charge in [0, 0.05) is 44.0 Å². The van der Waals surface area contributed by atoms with Gasteiger partial charge in [-0.2, -0.15) is 0 Å². The van der Waals surface area contributed by atoms with Crippen molar-refractivity contribution in [2.24, 2.45) is 0 Å². The van der Waals surface area contributed by atoms with Gasteiger partial charge in [-0.1, -0.05) is 17.3 Å². The molecule has 9 heteroatoms. The van der Waals surface area contributed by atoms with Gasteiger partial charge in [0.05, 0.1) is 18.1 Å². The van der Waals surface area contributed by atoms with Gasteiger partial charge >= 0.3 is 0 Å². The molecule has 1 aliphatic rings. The molecule has 1 saturated heterocycles. The number of aromatic nitrogens is 1. The number of carbonyl (C=O) groups excluding carboxylic acids is 1. The predicted octanol–water partition coefficient (Wildman–Crippen LogP) is 3.64. The van der Waals surface area contributed by atoms with Crippen LogP contribution >= 0.6 is 0 Å². The Morgan fingerprint density at radius 1 is 1.12 bits per heavy atom. The lowest BCUT2D eigenvalue weighted by Crippen LogP contribution is -2.40. The molecule has 1 atom stereocenters. The minimum atomic E-state index is -3.17. The number of nitrogens with zero attached hydrogens (tertiary/aromatic N) is 3. The van der Waals surface area contributed by atoms with Gasteiger partial charge in [0.1, 0.15) is 5.75 Å². The molecule has 2 aromatic carbocycles. The second-order valence-corrected chi connectivity index (χ2v) is 10.8. The number of rotatable bonds is 8. The molecular formula is C25H29N3O5S. The number of benzene rings is 2. The highest BCUT2D eigenvalue weighted by atomic mass is 32.2. The summed E-state index contributed by atoms with van der Waals surface area (Å²) in [5.41, 5.74) is 2.88. The Morgan fingerprint density at radius 3 is 2.41 bits per heavy atom. The van der Waals surface area contributed by atoms with Gasteiger partial charge in [0.2, 0.25) is 0 Å². The number of ether oxygens (including phenoxy) is 1. The first-order valence-corrected chi connectivity index (χ1v) is 13.1. The van der Waals surface area contributed by atoms with E-state index in [-0.39, 0.29) is 29.7 Å². The minimum Gasteiger partial charge on any atom is -0.494 e. The van der Waals surface area contributed by atoms with Gasteiger partial charge in [0.15, 0.2) is 21.3 Å². The number of hydrogen-bond acceptors (Lipinski definition) is 7. The highest BCUT2D eigenvalue weighted by molar-refractivity contribution is 7.91. The molecule has 1 amide bonds. The van der Waals surface area contributed by atoms with E-state index in [9.17, 15) is 13.2 Å². The highest BCUT2D eigenvalue weighted by Gasteiger charge is 2.36. The van der Waals surface area contributed by atoms with Crippen LogP contribution in [0.4, 0.5) is 5.69 Å². The standard InChI is InChI=1S/C25H29N3O5S/c1-4-32-22-11-7-19(8-12-22)24-15-23(26-33-24)25(29)28(21-13-14-34(30,31)17-21)16-18-5-9-20(10-6-18)27(2)3/h5-12,15,21H,4,13-14,16-17H2,1-3H3/t21-/m0/s1. The van der Waals surface area contributed by atoms with E-state index in [1.165, 1.54) is 0 Å². The van der Waals surface area contributed by atoms with Crippen molar-refractivity contribution in [3.05, 3.63) is 65.9 Å². The molecule has 0 spiro atoms.